The molecule has 1 aliphatic rings. The van der Waals surface area contributed by atoms with Gasteiger partial charge in [-0.05, 0) is 38.3 Å². The van der Waals surface area contributed by atoms with Crippen LogP contribution >= 0.6 is 0 Å². The summed E-state index contributed by atoms with van der Waals surface area (Å²) in [4.78, 5) is 18.2. The van der Waals surface area contributed by atoms with Crippen molar-refractivity contribution in [2.24, 2.45) is 5.92 Å². The molecule has 1 aromatic rings. The minimum absolute atomic E-state index is 0.121. The number of nitrogens with one attached hydrogen (secondary N) is 1. The summed E-state index contributed by atoms with van der Waals surface area (Å²) in [5.41, 5.74) is 0. The molecule has 2 heterocycles. The maximum Gasteiger partial charge on any atom is 0.295 e. The van der Waals surface area contributed by atoms with Crippen molar-refractivity contribution >= 4 is 5.91 Å². The van der Waals surface area contributed by atoms with Gasteiger partial charge in [0.1, 0.15) is 0 Å². The number of carbonyl (C=O) groups is 1. The predicted octanol–water partition coefficient (Wildman–Crippen LogP) is 1.23. The van der Waals surface area contributed by atoms with Crippen LogP contribution in [0.25, 0.3) is 0 Å². The van der Waals surface area contributed by atoms with Crippen molar-refractivity contribution in [3.63, 3.8) is 0 Å². The van der Waals surface area contributed by atoms with E-state index >= 15 is 0 Å². The molecule has 0 aliphatic carbocycles. The largest absolute Gasteiger partial charge is 0.339 e. The van der Waals surface area contributed by atoms with Crippen molar-refractivity contribution in [2.45, 2.75) is 33.1 Å². The molecule has 0 spiro atoms. The van der Waals surface area contributed by atoms with Gasteiger partial charge in [-0.1, -0.05) is 12.1 Å². The lowest BCUT2D eigenvalue weighted by Crippen LogP contribution is -2.41. The van der Waals surface area contributed by atoms with E-state index < -0.39 is 0 Å². The highest BCUT2D eigenvalue weighted by molar-refractivity contribution is 5.90. The summed E-state index contributed by atoms with van der Waals surface area (Å²) in [6.45, 7) is 7.34. The zero-order valence-electron chi connectivity index (χ0n) is 11.7. The summed E-state index contributed by atoms with van der Waals surface area (Å²) >= 11 is 0. The number of amides is 1. The monoisotopic (exact) mass is 266 g/mol. The first-order chi connectivity index (χ1) is 9.20. The average molecular weight is 266 g/mol. The lowest BCUT2D eigenvalue weighted by molar-refractivity contribution is 0.0703. The smallest absolute Gasteiger partial charge is 0.295 e. The lowest BCUT2D eigenvalue weighted by atomic mass is 9.99. The van der Waals surface area contributed by atoms with E-state index in [1.165, 1.54) is 12.8 Å². The molecule has 0 bridgehead atoms. The van der Waals surface area contributed by atoms with Crippen molar-refractivity contribution in [1.82, 2.24) is 20.4 Å². The molecule has 0 saturated carbocycles. The third-order valence-electron chi connectivity index (χ3n) is 3.38. The van der Waals surface area contributed by atoms with Crippen LogP contribution in [0.5, 0.6) is 0 Å². The number of carbonyl (C=O) groups excluding carboxylic acids is 1. The molecule has 1 aliphatic heterocycles. The molecule has 1 aromatic heterocycles. The molecule has 1 unspecified atom stereocenters. The van der Waals surface area contributed by atoms with Gasteiger partial charge in [-0.3, -0.25) is 4.79 Å². The molecular formula is C13H22N4O2. The molecule has 106 valence electrons. The van der Waals surface area contributed by atoms with Crippen LogP contribution < -0.4 is 5.32 Å². The first-order valence-electron chi connectivity index (χ1n) is 7.01. The number of aryl methyl sites for hydroxylation is 1. The summed E-state index contributed by atoms with van der Waals surface area (Å²) in [5.74, 6) is 1.01. The van der Waals surface area contributed by atoms with Gasteiger partial charge in [0, 0.05) is 20.0 Å². The Balaban J connectivity index is 1.99. The van der Waals surface area contributed by atoms with Crippen molar-refractivity contribution in [3.05, 3.63) is 11.7 Å². The van der Waals surface area contributed by atoms with Gasteiger partial charge in [0.15, 0.2) is 0 Å². The fraction of sp³-hybridized carbons (Fsp3) is 0.769. The van der Waals surface area contributed by atoms with E-state index in [4.69, 9.17) is 4.52 Å². The Morgan fingerprint density at radius 2 is 2.42 bits per heavy atom. The zero-order valence-corrected chi connectivity index (χ0v) is 11.7. The third kappa shape index (κ3) is 3.76. The van der Waals surface area contributed by atoms with Crippen LogP contribution in [-0.4, -0.2) is 47.1 Å². The minimum atomic E-state index is -0.121. The minimum Gasteiger partial charge on any atom is -0.339 e. The number of nitrogens with zero attached hydrogens (tertiary/aromatic N) is 3. The highest BCUT2D eigenvalue weighted by Crippen LogP contribution is 2.13. The molecule has 6 heteroatoms. The van der Waals surface area contributed by atoms with Gasteiger partial charge < -0.3 is 14.7 Å². The Bertz CT molecular complexity index is 413. The number of hydrogen-bond acceptors (Lipinski definition) is 5. The van der Waals surface area contributed by atoms with E-state index in [1.807, 2.05) is 4.90 Å². The van der Waals surface area contributed by atoms with Crippen LogP contribution in [0.2, 0.25) is 0 Å². The number of rotatable bonds is 5. The lowest BCUT2D eigenvalue weighted by Gasteiger charge is -2.29. The zero-order chi connectivity index (χ0) is 13.7. The molecule has 1 N–H and O–H groups in total. The Morgan fingerprint density at radius 3 is 3.00 bits per heavy atom. The fourth-order valence-electron chi connectivity index (χ4n) is 2.46. The Hall–Kier alpha value is -1.43. The van der Waals surface area contributed by atoms with Crippen LogP contribution in [0.4, 0.5) is 0 Å². The first-order valence-corrected chi connectivity index (χ1v) is 7.01. The van der Waals surface area contributed by atoms with Crippen LogP contribution in [0.1, 0.15) is 42.7 Å². The molecule has 19 heavy (non-hydrogen) atoms. The van der Waals surface area contributed by atoms with Crippen molar-refractivity contribution in [1.29, 1.82) is 0 Å². The highest BCUT2D eigenvalue weighted by atomic mass is 16.5. The van der Waals surface area contributed by atoms with Crippen molar-refractivity contribution in [2.75, 3.05) is 26.2 Å². The Labute approximate surface area is 113 Å². The second kappa shape index (κ2) is 6.65. The second-order valence-electron chi connectivity index (χ2n) is 5.10. The number of aromatic nitrogens is 2. The van der Waals surface area contributed by atoms with Crippen LogP contribution in [0.15, 0.2) is 4.52 Å². The fourth-order valence-corrected chi connectivity index (χ4v) is 2.46. The quantitative estimate of drug-likeness (QED) is 0.868. The van der Waals surface area contributed by atoms with Crippen LogP contribution in [0, 0.1) is 12.8 Å². The normalized spacial score (nSPS) is 19.4. The van der Waals surface area contributed by atoms with Crippen LogP contribution in [0.3, 0.4) is 0 Å². The maximum absolute atomic E-state index is 12.3. The van der Waals surface area contributed by atoms with Gasteiger partial charge >= 0.3 is 0 Å². The number of hydrogen-bond donors (Lipinski definition) is 1. The average Bonchev–Trinajstić information content (AvgIpc) is 2.85. The van der Waals surface area contributed by atoms with Crippen LogP contribution in [-0.2, 0) is 0 Å². The topological polar surface area (TPSA) is 71.3 Å². The summed E-state index contributed by atoms with van der Waals surface area (Å²) < 4.78 is 4.88. The van der Waals surface area contributed by atoms with Gasteiger partial charge in [0.05, 0.1) is 0 Å². The molecule has 6 nitrogen and oxygen atoms in total. The van der Waals surface area contributed by atoms with Crippen molar-refractivity contribution < 1.29 is 9.32 Å². The second-order valence-corrected chi connectivity index (χ2v) is 5.10. The maximum atomic E-state index is 12.3. The van der Waals surface area contributed by atoms with E-state index in [2.05, 4.69) is 22.4 Å². The molecule has 1 atom stereocenters. The predicted molar refractivity (Wildman–Crippen MR) is 70.8 cm³/mol. The Kier molecular flexibility index (Phi) is 4.90. The number of piperidine rings is 1. The van der Waals surface area contributed by atoms with E-state index in [-0.39, 0.29) is 11.7 Å². The molecule has 1 fully saturated rings. The molecule has 1 amide bonds. The summed E-state index contributed by atoms with van der Waals surface area (Å²) in [7, 11) is 0. The summed E-state index contributed by atoms with van der Waals surface area (Å²) in [6, 6.07) is 0. The van der Waals surface area contributed by atoms with Gasteiger partial charge in [-0.15, -0.1) is 0 Å². The van der Waals surface area contributed by atoms with E-state index in [9.17, 15) is 4.79 Å². The molecular weight excluding hydrogens is 244 g/mol. The van der Waals surface area contributed by atoms with E-state index in [1.54, 1.807) is 6.92 Å². The van der Waals surface area contributed by atoms with E-state index in [0.29, 0.717) is 11.8 Å². The standard InChI is InChI=1S/C13H22N4O2/c1-3-7-17(9-11-5-4-6-14-8-11)13(18)12-15-10(2)19-16-12/h11,14H,3-9H2,1-2H3. The Morgan fingerprint density at radius 1 is 1.58 bits per heavy atom. The first kappa shape index (κ1) is 14.0. The van der Waals surface area contributed by atoms with Gasteiger partial charge in [0.2, 0.25) is 5.89 Å². The van der Waals surface area contributed by atoms with Gasteiger partial charge in [0.25, 0.3) is 11.7 Å². The molecule has 0 aromatic carbocycles. The third-order valence-corrected chi connectivity index (χ3v) is 3.38. The van der Waals surface area contributed by atoms with Gasteiger partial charge in [-0.25, -0.2) is 0 Å². The molecule has 1 saturated heterocycles. The van der Waals surface area contributed by atoms with Crippen molar-refractivity contribution in [3.8, 4) is 0 Å². The van der Waals surface area contributed by atoms with E-state index in [0.717, 1.165) is 32.6 Å². The molecule has 2 rings (SSSR count). The highest BCUT2D eigenvalue weighted by Gasteiger charge is 2.24. The summed E-state index contributed by atoms with van der Waals surface area (Å²) in [6.07, 6.45) is 3.29. The SMILES string of the molecule is CCCN(CC1CCCNC1)C(=O)c1noc(C)n1. The van der Waals surface area contributed by atoms with Gasteiger partial charge in [-0.2, -0.15) is 4.98 Å². The molecule has 0 radical (unpaired) electrons. The summed E-state index contributed by atoms with van der Waals surface area (Å²) in [5, 5.41) is 7.10.